The molecule has 8 heteroatoms. The molecule has 1 aromatic heterocycles. The Morgan fingerprint density at radius 1 is 0.706 bits per heavy atom. The van der Waals surface area contributed by atoms with Gasteiger partial charge in [-0.15, -0.1) is 0 Å². The maximum absolute atomic E-state index is 11.9. The molecule has 0 saturated carbocycles. The average Bonchev–Trinajstić information content (AvgIpc) is 2.85. The highest BCUT2D eigenvalue weighted by Crippen LogP contribution is 2.26. The molecule has 0 amide bonds. The normalized spacial score (nSPS) is 10.5. The van der Waals surface area contributed by atoms with Crippen LogP contribution in [0.15, 0.2) is 72.8 Å². The highest BCUT2D eigenvalue weighted by atomic mass is 16.5. The number of esters is 2. The summed E-state index contributed by atoms with van der Waals surface area (Å²) in [6.07, 6.45) is 0. The molecule has 2 N–H and O–H groups in total. The Balaban J connectivity index is 1.58. The number of rotatable bonds is 8. The van der Waals surface area contributed by atoms with Crippen LogP contribution in [0.4, 0.5) is 23.1 Å². The van der Waals surface area contributed by atoms with Gasteiger partial charge in [-0.25, -0.2) is 14.6 Å². The van der Waals surface area contributed by atoms with Crippen molar-refractivity contribution < 1.29 is 19.1 Å². The molecule has 0 bridgehead atoms. The van der Waals surface area contributed by atoms with E-state index in [4.69, 9.17) is 9.47 Å². The minimum atomic E-state index is -0.364. The van der Waals surface area contributed by atoms with Crippen molar-refractivity contribution in [2.24, 2.45) is 0 Å². The fourth-order valence-corrected chi connectivity index (χ4v) is 3.30. The van der Waals surface area contributed by atoms with Gasteiger partial charge in [0.1, 0.15) is 5.82 Å². The average molecular weight is 457 g/mol. The van der Waals surface area contributed by atoms with Crippen LogP contribution in [0.25, 0.3) is 10.9 Å². The number of anilines is 4. The van der Waals surface area contributed by atoms with Crippen LogP contribution < -0.4 is 10.6 Å². The summed E-state index contributed by atoms with van der Waals surface area (Å²) in [4.78, 5) is 33.0. The van der Waals surface area contributed by atoms with Crippen LogP contribution in [0, 0.1) is 0 Å². The van der Waals surface area contributed by atoms with Crippen molar-refractivity contribution in [2.75, 3.05) is 23.8 Å². The van der Waals surface area contributed by atoms with Gasteiger partial charge in [0.15, 0.2) is 0 Å². The summed E-state index contributed by atoms with van der Waals surface area (Å²) >= 11 is 0. The van der Waals surface area contributed by atoms with E-state index in [-0.39, 0.29) is 11.9 Å². The van der Waals surface area contributed by atoms with Crippen LogP contribution in [0.3, 0.4) is 0 Å². The van der Waals surface area contributed by atoms with Gasteiger partial charge in [0, 0.05) is 16.8 Å². The summed E-state index contributed by atoms with van der Waals surface area (Å²) in [5.74, 6) is 0.284. The largest absolute Gasteiger partial charge is 0.462 e. The first-order chi connectivity index (χ1) is 16.6. The Morgan fingerprint density at radius 3 is 1.79 bits per heavy atom. The van der Waals surface area contributed by atoms with E-state index in [1.54, 1.807) is 62.4 Å². The summed E-state index contributed by atoms with van der Waals surface area (Å²) in [6, 6.07) is 21.6. The van der Waals surface area contributed by atoms with Crippen LogP contribution in [-0.4, -0.2) is 35.1 Å². The SMILES string of the molecule is CCOC(=O)c1ccc(Nc2nc(Nc3ccc(C(=O)OCC)cc3)c3ccccc3n2)cc1. The van der Waals surface area contributed by atoms with Crippen molar-refractivity contribution in [1.29, 1.82) is 0 Å². The minimum absolute atomic E-state index is 0.324. The number of fused-ring (bicyclic) bond motifs is 1. The number of benzene rings is 3. The molecule has 34 heavy (non-hydrogen) atoms. The highest BCUT2D eigenvalue weighted by molar-refractivity contribution is 5.93. The van der Waals surface area contributed by atoms with Crippen molar-refractivity contribution in [3.8, 4) is 0 Å². The second-order valence-electron chi connectivity index (χ2n) is 7.26. The van der Waals surface area contributed by atoms with Crippen LogP contribution in [0.2, 0.25) is 0 Å². The monoisotopic (exact) mass is 456 g/mol. The maximum atomic E-state index is 11.9. The summed E-state index contributed by atoms with van der Waals surface area (Å²) in [6.45, 7) is 4.19. The number of hydrogen-bond donors (Lipinski definition) is 2. The Hall–Kier alpha value is -4.46. The van der Waals surface area contributed by atoms with Crippen LogP contribution in [-0.2, 0) is 9.47 Å². The van der Waals surface area contributed by atoms with E-state index in [0.717, 1.165) is 22.3 Å². The van der Waals surface area contributed by atoms with Crippen LogP contribution in [0.1, 0.15) is 34.6 Å². The lowest BCUT2D eigenvalue weighted by molar-refractivity contribution is 0.0517. The molecule has 0 aliphatic heterocycles. The van der Waals surface area contributed by atoms with E-state index in [1.165, 1.54) is 0 Å². The van der Waals surface area contributed by atoms with Crippen molar-refractivity contribution in [2.45, 2.75) is 13.8 Å². The van der Waals surface area contributed by atoms with Crippen LogP contribution in [0.5, 0.6) is 0 Å². The fraction of sp³-hybridized carbons (Fsp3) is 0.154. The quantitative estimate of drug-likeness (QED) is 0.337. The van der Waals surface area contributed by atoms with E-state index < -0.39 is 0 Å². The zero-order chi connectivity index (χ0) is 23.9. The van der Waals surface area contributed by atoms with E-state index in [0.29, 0.717) is 36.1 Å². The molecule has 1 heterocycles. The van der Waals surface area contributed by atoms with Crippen molar-refractivity contribution in [1.82, 2.24) is 9.97 Å². The zero-order valence-corrected chi connectivity index (χ0v) is 18.9. The van der Waals surface area contributed by atoms with Gasteiger partial charge in [0.25, 0.3) is 0 Å². The van der Waals surface area contributed by atoms with Gasteiger partial charge in [0.05, 0.1) is 29.9 Å². The standard InChI is InChI=1S/C26H24N4O4/c1-3-33-24(31)17-9-13-19(14-10-17)27-23-21-7-5-6-8-22(21)29-26(30-23)28-20-15-11-18(12-16-20)25(32)34-4-2/h5-16H,3-4H2,1-2H3,(H2,27,28,29,30). The number of hydrogen-bond acceptors (Lipinski definition) is 8. The second-order valence-corrected chi connectivity index (χ2v) is 7.26. The molecule has 0 atom stereocenters. The number of nitrogens with zero attached hydrogens (tertiary/aromatic N) is 2. The molecular formula is C26H24N4O4. The first-order valence-electron chi connectivity index (χ1n) is 10.9. The van der Waals surface area contributed by atoms with E-state index in [1.807, 2.05) is 24.3 Å². The van der Waals surface area contributed by atoms with Gasteiger partial charge < -0.3 is 20.1 Å². The summed E-state index contributed by atoms with van der Waals surface area (Å²) in [5, 5.41) is 7.34. The molecule has 0 fully saturated rings. The molecule has 0 spiro atoms. The topological polar surface area (TPSA) is 102 Å². The summed E-state index contributed by atoms with van der Waals surface area (Å²) in [7, 11) is 0. The Labute approximate surface area is 197 Å². The Bertz CT molecular complexity index is 1300. The van der Waals surface area contributed by atoms with E-state index in [2.05, 4.69) is 20.6 Å². The molecule has 0 saturated heterocycles. The van der Waals surface area contributed by atoms with Gasteiger partial charge in [-0.2, -0.15) is 4.98 Å². The second kappa shape index (κ2) is 10.4. The third-order valence-electron chi connectivity index (χ3n) is 4.91. The van der Waals surface area contributed by atoms with Gasteiger partial charge in [-0.3, -0.25) is 0 Å². The predicted molar refractivity (Wildman–Crippen MR) is 131 cm³/mol. The van der Waals surface area contributed by atoms with Crippen molar-refractivity contribution >= 4 is 46.0 Å². The smallest absolute Gasteiger partial charge is 0.338 e. The molecule has 172 valence electrons. The zero-order valence-electron chi connectivity index (χ0n) is 18.9. The lowest BCUT2D eigenvalue weighted by Crippen LogP contribution is -2.05. The molecule has 8 nitrogen and oxygen atoms in total. The van der Waals surface area contributed by atoms with Gasteiger partial charge >= 0.3 is 11.9 Å². The highest BCUT2D eigenvalue weighted by Gasteiger charge is 2.11. The molecule has 0 aliphatic carbocycles. The van der Waals surface area contributed by atoms with Gasteiger partial charge in [-0.05, 0) is 74.5 Å². The number of nitrogens with one attached hydrogen (secondary N) is 2. The number of para-hydroxylation sites is 1. The number of ether oxygens (including phenoxy) is 2. The molecule has 0 aliphatic rings. The molecule has 0 unspecified atom stereocenters. The molecule has 0 radical (unpaired) electrons. The minimum Gasteiger partial charge on any atom is -0.462 e. The Kier molecular flexibility index (Phi) is 6.98. The van der Waals surface area contributed by atoms with Crippen molar-refractivity contribution in [3.63, 3.8) is 0 Å². The first kappa shape index (κ1) is 22.7. The van der Waals surface area contributed by atoms with E-state index in [9.17, 15) is 9.59 Å². The summed E-state index contributed by atoms with van der Waals surface area (Å²) in [5.41, 5.74) is 3.21. The molecule has 3 aromatic carbocycles. The van der Waals surface area contributed by atoms with Crippen LogP contribution >= 0.6 is 0 Å². The molecule has 4 rings (SSSR count). The number of carbonyl (C=O) groups is 2. The third-order valence-corrected chi connectivity index (χ3v) is 4.91. The third kappa shape index (κ3) is 5.29. The molecular weight excluding hydrogens is 432 g/mol. The van der Waals surface area contributed by atoms with Crippen molar-refractivity contribution in [3.05, 3.63) is 83.9 Å². The fourth-order valence-electron chi connectivity index (χ4n) is 3.30. The molecule has 4 aromatic rings. The number of aromatic nitrogens is 2. The summed E-state index contributed by atoms with van der Waals surface area (Å²) < 4.78 is 10.1. The number of carbonyl (C=O) groups excluding carboxylic acids is 2. The van der Waals surface area contributed by atoms with Gasteiger partial charge in [0.2, 0.25) is 5.95 Å². The predicted octanol–water partition coefficient (Wildman–Crippen LogP) is 5.47. The lowest BCUT2D eigenvalue weighted by Gasteiger charge is -2.12. The Morgan fingerprint density at radius 2 is 1.24 bits per heavy atom. The van der Waals surface area contributed by atoms with Gasteiger partial charge in [-0.1, -0.05) is 12.1 Å². The first-order valence-corrected chi connectivity index (χ1v) is 10.9. The van der Waals surface area contributed by atoms with E-state index >= 15 is 0 Å². The lowest BCUT2D eigenvalue weighted by atomic mass is 10.2. The maximum Gasteiger partial charge on any atom is 0.338 e.